The molecule has 8 heteroatoms. The summed E-state index contributed by atoms with van der Waals surface area (Å²) in [6, 6.07) is 20.7. The van der Waals surface area contributed by atoms with Crippen LogP contribution in [-0.2, 0) is 19.5 Å². The molecule has 0 unspecified atom stereocenters. The van der Waals surface area contributed by atoms with E-state index in [-0.39, 0.29) is 11.8 Å². The van der Waals surface area contributed by atoms with Crippen molar-refractivity contribution in [1.29, 1.82) is 0 Å². The molecule has 0 atom stereocenters. The fourth-order valence-electron chi connectivity index (χ4n) is 4.71. The van der Waals surface area contributed by atoms with Gasteiger partial charge in [-0.2, -0.15) is 5.10 Å². The van der Waals surface area contributed by atoms with E-state index in [4.69, 9.17) is 4.42 Å². The number of carbonyl (C=O) groups excluding carboxylic acids is 2. The molecule has 6 rings (SSSR count). The van der Waals surface area contributed by atoms with Gasteiger partial charge in [-0.1, -0.05) is 18.2 Å². The highest BCUT2D eigenvalue weighted by atomic mass is 16.3. The third-order valence-electron chi connectivity index (χ3n) is 6.62. The van der Waals surface area contributed by atoms with E-state index >= 15 is 0 Å². The first-order chi connectivity index (χ1) is 18.0. The van der Waals surface area contributed by atoms with Gasteiger partial charge in [-0.3, -0.25) is 14.3 Å². The Morgan fingerprint density at radius 2 is 1.84 bits per heavy atom. The van der Waals surface area contributed by atoms with Crippen molar-refractivity contribution in [1.82, 2.24) is 19.7 Å². The predicted octanol–water partition coefficient (Wildman–Crippen LogP) is 4.83. The van der Waals surface area contributed by atoms with Crippen LogP contribution in [0.5, 0.6) is 0 Å². The zero-order valence-electron chi connectivity index (χ0n) is 20.3. The molecule has 2 amide bonds. The standard InChI is InChI=1S/C29H25N5O3/c1-19-31-26-16-23(7-10-27(26)37-19)29(36)33-14-11-21-5-6-22(15-24(21)18-33)28(35)32-25-8-3-20(4-9-25)17-34-13-2-12-30-34/h2-10,12-13,15-16H,11,14,17-18H2,1H3,(H,32,35). The fraction of sp³-hybridized carbons (Fsp3) is 0.172. The van der Waals surface area contributed by atoms with Crippen LogP contribution in [0.25, 0.3) is 11.1 Å². The molecule has 1 aliphatic heterocycles. The minimum Gasteiger partial charge on any atom is -0.441 e. The third kappa shape index (κ3) is 4.73. The molecule has 0 aliphatic carbocycles. The molecule has 0 fully saturated rings. The SMILES string of the molecule is Cc1nc2cc(C(=O)N3CCc4ccc(C(=O)Nc5ccc(Cn6cccn6)cc5)cc4C3)ccc2o1. The number of aromatic nitrogens is 3. The summed E-state index contributed by atoms with van der Waals surface area (Å²) in [7, 11) is 0. The van der Waals surface area contributed by atoms with Gasteiger partial charge in [0.25, 0.3) is 11.8 Å². The molecule has 0 bridgehead atoms. The average molecular weight is 492 g/mol. The maximum absolute atomic E-state index is 13.2. The number of oxazole rings is 1. The second-order valence-electron chi connectivity index (χ2n) is 9.23. The first kappa shape index (κ1) is 22.7. The van der Waals surface area contributed by atoms with E-state index in [2.05, 4.69) is 15.4 Å². The number of amides is 2. The summed E-state index contributed by atoms with van der Waals surface area (Å²) < 4.78 is 7.37. The summed E-state index contributed by atoms with van der Waals surface area (Å²) in [5.74, 6) is 0.332. The molecule has 184 valence electrons. The van der Waals surface area contributed by atoms with Crippen LogP contribution in [-0.4, -0.2) is 38.0 Å². The first-order valence-electron chi connectivity index (χ1n) is 12.2. The Labute approximate surface area is 213 Å². The topological polar surface area (TPSA) is 93.3 Å². The lowest BCUT2D eigenvalue weighted by atomic mass is 9.96. The van der Waals surface area contributed by atoms with Crippen LogP contribution < -0.4 is 5.32 Å². The van der Waals surface area contributed by atoms with Crippen molar-refractivity contribution >= 4 is 28.6 Å². The quantitative estimate of drug-likeness (QED) is 0.380. The van der Waals surface area contributed by atoms with E-state index < -0.39 is 0 Å². The van der Waals surface area contributed by atoms with Crippen molar-refractivity contribution in [2.45, 2.75) is 26.4 Å². The Kier molecular flexibility index (Phi) is 5.76. The van der Waals surface area contributed by atoms with Crippen molar-refractivity contribution in [3.8, 4) is 0 Å². The van der Waals surface area contributed by atoms with E-state index in [1.165, 1.54) is 0 Å². The van der Waals surface area contributed by atoms with Crippen molar-refractivity contribution in [3.05, 3.63) is 113 Å². The molecule has 0 spiro atoms. The van der Waals surface area contributed by atoms with Gasteiger partial charge in [0.1, 0.15) is 5.52 Å². The van der Waals surface area contributed by atoms with E-state index in [1.54, 1.807) is 31.3 Å². The minimum absolute atomic E-state index is 0.0572. The molecule has 0 radical (unpaired) electrons. The summed E-state index contributed by atoms with van der Waals surface area (Å²) in [4.78, 5) is 32.4. The molecule has 3 aromatic carbocycles. The smallest absolute Gasteiger partial charge is 0.255 e. The lowest BCUT2D eigenvalue weighted by Gasteiger charge is -2.29. The number of aryl methyl sites for hydroxylation is 1. The van der Waals surface area contributed by atoms with Crippen molar-refractivity contribution < 1.29 is 14.0 Å². The highest BCUT2D eigenvalue weighted by Gasteiger charge is 2.23. The molecule has 0 saturated carbocycles. The van der Waals surface area contributed by atoms with Crippen molar-refractivity contribution in [2.24, 2.45) is 0 Å². The zero-order valence-corrected chi connectivity index (χ0v) is 20.3. The van der Waals surface area contributed by atoms with Crippen LogP contribution >= 0.6 is 0 Å². The maximum Gasteiger partial charge on any atom is 0.255 e. The number of nitrogens with zero attached hydrogens (tertiary/aromatic N) is 4. The molecule has 2 aromatic heterocycles. The van der Waals surface area contributed by atoms with Crippen LogP contribution in [0.4, 0.5) is 5.69 Å². The molecule has 3 heterocycles. The summed E-state index contributed by atoms with van der Waals surface area (Å²) in [5, 5.41) is 7.19. The van der Waals surface area contributed by atoms with Gasteiger partial charge < -0.3 is 14.6 Å². The molecule has 1 aliphatic rings. The van der Waals surface area contributed by atoms with Gasteiger partial charge in [-0.05, 0) is 71.6 Å². The Morgan fingerprint density at radius 1 is 1.00 bits per heavy atom. The summed E-state index contributed by atoms with van der Waals surface area (Å²) in [6.07, 6.45) is 4.41. The van der Waals surface area contributed by atoms with Crippen molar-refractivity contribution in [2.75, 3.05) is 11.9 Å². The van der Waals surface area contributed by atoms with E-state index in [0.717, 1.165) is 28.8 Å². The third-order valence-corrected chi connectivity index (χ3v) is 6.62. The van der Waals surface area contributed by atoms with E-state index in [9.17, 15) is 9.59 Å². The first-order valence-corrected chi connectivity index (χ1v) is 12.2. The number of nitrogens with one attached hydrogen (secondary N) is 1. The van der Waals surface area contributed by atoms with Crippen LogP contribution in [0.3, 0.4) is 0 Å². The molecule has 0 saturated heterocycles. The van der Waals surface area contributed by atoms with Gasteiger partial charge in [0.2, 0.25) is 0 Å². The Bertz CT molecular complexity index is 1600. The highest BCUT2D eigenvalue weighted by molar-refractivity contribution is 6.04. The average Bonchev–Trinajstić information content (AvgIpc) is 3.56. The fourth-order valence-corrected chi connectivity index (χ4v) is 4.71. The summed E-state index contributed by atoms with van der Waals surface area (Å²) in [5.41, 5.74) is 6.45. The van der Waals surface area contributed by atoms with Crippen LogP contribution in [0.2, 0.25) is 0 Å². The normalized spacial score (nSPS) is 12.9. The van der Waals surface area contributed by atoms with Crippen LogP contribution in [0, 0.1) is 6.92 Å². The number of rotatable bonds is 5. The number of benzene rings is 3. The second kappa shape index (κ2) is 9.39. The summed E-state index contributed by atoms with van der Waals surface area (Å²) >= 11 is 0. The van der Waals surface area contributed by atoms with Gasteiger partial charge in [-0.15, -0.1) is 0 Å². The van der Waals surface area contributed by atoms with Crippen LogP contribution in [0.1, 0.15) is 43.3 Å². The van der Waals surface area contributed by atoms with Gasteiger partial charge in [0.15, 0.2) is 11.5 Å². The lowest BCUT2D eigenvalue weighted by Crippen LogP contribution is -2.36. The van der Waals surface area contributed by atoms with Gasteiger partial charge in [0.05, 0.1) is 6.54 Å². The van der Waals surface area contributed by atoms with Gasteiger partial charge in [0, 0.05) is 49.2 Å². The van der Waals surface area contributed by atoms with Crippen LogP contribution in [0.15, 0.2) is 83.5 Å². The Morgan fingerprint density at radius 3 is 2.65 bits per heavy atom. The largest absolute Gasteiger partial charge is 0.441 e. The second-order valence-corrected chi connectivity index (χ2v) is 9.23. The predicted molar refractivity (Wildman–Crippen MR) is 139 cm³/mol. The molecule has 8 nitrogen and oxygen atoms in total. The molecule has 5 aromatic rings. The number of hydrogen-bond donors (Lipinski definition) is 1. The molecular formula is C29H25N5O3. The van der Waals surface area contributed by atoms with E-state index in [1.807, 2.05) is 64.3 Å². The van der Waals surface area contributed by atoms with Gasteiger partial charge >= 0.3 is 0 Å². The molecule has 1 N–H and O–H groups in total. The summed E-state index contributed by atoms with van der Waals surface area (Å²) in [6.45, 7) is 3.54. The van der Waals surface area contributed by atoms with Gasteiger partial charge in [-0.25, -0.2) is 4.98 Å². The Balaban J connectivity index is 1.14. The maximum atomic E-state index is 13.2. The zero-order chi connectivity index (χ0) is 25.4. The Hall–Kier alpha value is -4.72. The number of fused-ring (bicyclic) bond motifs is 2. The van der Waals surface area contributed by atoms with E-state index in [0.29, 0.717) is 47.8 Å². The minimum atomic E-state index is -0.182. The number of hydrogen-bond acceptors (Lipinski definition) is 5. The number of carbonyl (C=O) groups is 2. The molecular weight excluding hydrogens is 466 g/mol. The number of anilines is 1. The lowest BCUT2D eigenvalue weighted by molar-refractivity contribution is 0.0735. The molecule has 37 heavy (non-hydrogen) atoms. The van der Waals surface area contributed by atoms with Crippen molar-refractivity contribution in [3.63, 3.8) is 0 Å². The highest BCUT2D eigenvalue weighted by Crippen LogP contribution is 2.24. The monoisotopic (exact) mass is 491 g/mol.